The molecule has 122 valence electrons. The highest BCUT2D eigenvalue weighted by atomic mass is 32.2. The highest BCUT2D eigenvalue weighted by molar-refractivity contribution is 7.90. The van der Waals surface area contributed by atoms with Crippen LogP contribution in [0.3, 0.4) is 0 Å². The van der Waals surface area contributed by atoms with E-state index in [0.717, 1.165) is 6.26 Å². The molecule has 2 aromatic rings. The summed E-state index contributed by atoms with van der Waals surface area (Å²) in [5.41, 5.74) is -0.0759. The van der Waals surface area contributed by atoms with Crippen molar-refractivity contribution in [2.75, 3.05) is 30.0 Å². The fraction of sp³-hybridized carbons (Fsp3) is 0.250. The molecule has 0 aliphatic heterocycles. The molecule has 0 atom stereocenters. The number of nitrogens with one attached hydrogen (secondary N) is 2. The molecular weight excluding hydrogens is 324 g/mol. The SMILES string of the molecule is CS(=O)(=O)c1cnc(NCCNc2ccc([N+](=O)[O-])cn2)nc1. The summed E-state index contributed by atoms with van der Waals surface area (Å²) in [6.45, 7) is 0.929. The average molecular weight is 338 g/mol. The fourth-order valence-corrected chi connectivity index (χ4v) is 2.05. The van der Waals surface area contributed by atoms with Crippen molar-refractivity contribution in [2.45, 2.75) is 4.90 Å². The molecule has 0 amide bonds. The van der Waals surface area contributed by atoms with Gasteiger partial charge >= 0.3 is 0 Å². The molecule has 0 aliphatic rings. The molecule has 10 nitrogen and oxygen atoms in total. The van der Waals surface area contributed by atoms with Gasteiger partial charge in [-0.15, -0.1) is 0 Å². The maximum atomic E-state index is 11.3. The van der Waals surface area contributed by atoms with Gasteiger partial charge in [-0.25, -0.2) is 23.4 Å². The Balaban J connectivity index is 1.80. The number of hydrogen-bond donors (Lipinski definition) is 2. The largest absolute Gasteiger partial charge is 0.368 e. The van der Waals surface area contributed by atoms with Gasteiger partial charge in [-0.2, -0.15) is 0 Å². The van der Waals surface area contributed by atoms with Crippen LogP contribution in [0.15, 0.2) is 35.6 Å². The van der Waals surface area contributed by atoms with Gasteiger partial charge in [-0.3, -0.25) is 10.1 Å². The lowest BCUT2D eigenvalue weighted by molar-refractivity contribution is -0.385. The molecule has 23 heavy (non-hydrogen) atoms. The molecule has 2 N–H and O–H groups in total. The molecule has 0 aromatic carbocycles. The van der Waals surface area contributed by atoms with Gasteiger partial charge in [0.15, 0.2) is 9.84 Å². The standard InChI is InChI=1S/C12H14N6O4S/c1-23(21,22)10-7-16-12(17-8-10)14-5-4-13-11-3-2-9(6-15-11)18(19)20/h2-3,6-8H,4-5H2,1H3,(H,13,15)(H,14,16,17). The number of pyridine rings is 1. The minimum atomic E-state index is -3.31. The molecule has 2 rings (SSSR count). The minimum Gasteiger partial charge on any atom is -0.368 e. The number of aromatic nitrogens is 3. The molecule has 0 aliphatic carbocycles. The lowest BCUT2D eigenvalue weighted by Crippen LogP contribution is -2.15. The Hall–Kier alpha value is -2.82. The number of sulfone groups is 1. The quantitative estimate of drug-likeness (QED) is 0.424. The Morgan fingerprint density at radius 3 is 2.26 bits per heavy atom. The van der Waals surface area contributed by atoms with Gasteiger partial charge in [0.2, 0.25) is 5.95 Å². The summed E-state index contributed by atoms with van der Waals surface area (Å²) in [4.78, 5) is 21.7. The number of anilines is 2. The van der Waals surface area contributed by atoms with Crippen LogP contribution in [0.1, 0.15) is 0 Å². The maximum Gasteiger partial charge on any atom is 0.287 e. The second-order valence-corrected chi connectivity index (χ2v) is 6.54. The average Bonchev–Trinajstić information content (AvgIpc) is 2.51. The molecule has 0 bridgehead atoms. The predicted molar refractivity (Wildman–Crippen MR) is 83.0 cm³/mol. The van der Waals surface area contributed by atoms with Crippen LogP contribution in [-0.4, -0.2) is 47.6 Å². The Kier molecular flexibility index (Phi) is 5.01. The first-order chi connectivity index (χ1) is 10.9. The highest BCUT2D eigenvalue weighted by Gasteiger charge is 2.08. The molecule has 0 fully saturated rings. The normalized spacial score (nSPS) is 11.0. The molecule has 2 aromatic heterocycles. The number of nitrogens with zero attached hydrogens (tertiary/aromatic N) is 4. The highest BCUT2D eigenvalue weighted by Crippen LogP contribution is 2.11. The van der Waals surface area contributed by atoms with Crippen LogP contribution in [0.25, 0.3) is 0 Å². The third kappa shape index (κ3) is 4.85. The molecule has 0 unspecified atom stereocenters. The van der Waals surface area contributed by atoms with Gasteiger partial charge in [-0.1, -0.05) is 0 Å². The van der Waals surface area contributed by atoms with Gasteiger partial charge in [0.05, 0.1) is 17.3 Å². The van der Waals surface area contributed by atoms with Crippen LogP contribution in [0, 0.1) is 10.1 Å². The van der Waals surface area contributed by atoms with E-state index in [9.17, 15) is 18.5 Å². The van der Waals surface area contributed by atoms with Gasteiger partial charge < -0.3 is 10.6 Å². The van der Waals surface area contributed by atoms with Gasteiger partial charge in [0, 0.05) is 25.4 Å². The van der Waals surface area contributed by atoms with E-state index in [2.05, 4.69) is 25.6 Å². The van der Waals surface area contributed by atoms with E-state index >= 15 is 0 Å². The summed E-state index contributed by atoms with van der Waals surface area (Å²) >= 11 is 0. The van der Waals surface area contributed by atoms with Crippen molar-refractivity contribution in [3.63, 3.8) is 0 Å². The van der Waals surface area contributed by atoms with Gasteiger partial charge in [0.25, 0.3) is 5.69 Å². The van der Waals surface area contributed by atoms with Crippen molar-refractivity contribution in [2.24, 2.45) is 0 Å². The second kappa shape index (κ2) is 6.96. The monoisotopic (exact) mass is 338 g/mol. The predicted octanol–water partition coefficient (Wildman–Crippen LogP) is 0.707. The van der Waals surface area contributed by atoms with Crippen molar-refractivity contribution in [3.05, 3.63) is 40.8 Å². The molecule has 0 saturated carbocycles. The van der Waals surface area contributed by atoms with Crippen LogP contribution < -0.4 is 10.6 Å². The summed E-state index contributed by atoms with van der Waals surface area (Å²) in [6.07, 6.45) is 4.72. The maximum absolute atomic E-state index is 11.3. The summed E-state index contributed by atoms with van der Waals surface area (Å²) in [5.74, 6) is 0.807. The molecule has 0 saturated heterocycles. The van der Waals surface area contributed by atoms with Crippen molar-refractivity contribution in [3.8, 4) is 0 Å². The summed E-state index contributed by atoms with van der Waals surface area (Å²) < 4.78 is 22.5. The minimum absolute atomic E-state index is 0.0521. The van der Waals surface area contributed by atoms with Crippen LogP contribution in [-0.2, 0) is 9.84 Å². The van der Waals surface area contributed by atoms with E-state index in [4.69, 9.17) is 0 Å². The number of hydrogen-bond acceptors (Lipinski definition) is 9. The van der Waals surface area contributed by atoms with Crippen molar-refractivity contribution < 1.29 is 13.3 Å². The lowest BCUT2D eigenvalue weighted by atomic mass is 10.4. The summed E-state index contributed by atoms with van der Waals surface area (Å²) in [5, 5.41) is 16.4. The molecule has 0 radical (unpaired) electrons. The molecule has 2 heterocycles. The van der Waals surface area contributed by atoms with Crippen LogP contribution >= 0.6 is 0 Å². The zero-order valence-electron chi connectivity index (χ0n) is 12.1. The third-order valence-electron chi connectivity index (χ3n) is 2.73. The smallest absolute Gasteiger partial charge is 0.287 e. The van der Waals surface area contributed by atoms with Crippen LogP contribution in [0.2, 0.25) is 0 Å². The number of nitro groups is 1. The van der Waals surface area contributed by atoms with E-state index in [-0.39, 0.29) is 10.6 Å². The van der Waals surface area contributed by atoms with Crippen LogP contribution in [0.4, 0.5) is 17.5 Å². The van der Waals surface area contributed by atoms with E-state index < -0.39 is 14.8 Å². The van der Waals surface area contributed by atoms with E-state index in [1.807, 2.05) is 0 Å². The van der Waals surface area contributed by atoms with Crippen molar-refractivity contribution in [1.29, 1.82) is 0 Å². The van der Waals surface area contributed by atoms with Gasteiger partial charge in [0.1, 0.15) is 16.9 Å². The Labute approximate surface area is 132 Å². The lowest BCUT2D eigenvalue weighted by Gasteiger charge is -2.07. The zero-order valence-corrected chi connectivity index (χ0v) is 12.9. The van der Waals surface area contributed by atoms with E-state index in [0.29, 0.717) is 24.9 Å². The molecular formula is C12H14N6O4S. The topological polar surface area (TPSA) is 140 Å². The Bertz CT molecular complexity index is 776. The first-order valence-electron chi connectivity index (χ1n) is 6.46. The first kappa shape index (κ1) is 16.5. The first-order valence-corrected chi connectivity index (χ1v) is 8.36. The van der Waals surface area contributed by atoms with Gasteiger partial charge in [-0.05, 0) is 6.07 Å². The van der Waals surface area contributed by atoms with Crippen molar-refractivity contribution in [1.82, 2.24) is 15.0 Å². The van der Waals surface area contributed by atoms with E-state index in [1.54, 1.807) is 0 Å². The molecule has 11 heteroatoms. The third-order valence-corrected chi connectivity index (χ3v) is 3.80. The zero-order chi connectivity index (χ0) is 16.9. The van der Waals surface area contributed by atoms with E-state index in [1.165, 1.54) is 30.7 Å². The Morgan fingerprint density at radius 1 is 1.09 bits per heavy atom. The summed E-state index contributed by atoms with van der Waals surface area (Å²) in [7, 11) is -3.31. The summed E-state index contributed by atoms with van der Waals surface area (Å²) in [6, 6.07) is 2.87. The fourth-order valence-electron chi connectivity index (χ4n) is 1.56. The Morgan fingerprint density at radius 2 is 1.74 bits per heavy atom. The molecule has 0 spiro atoms. The number of rotatable bonds is 7. The van der Waals surface area contributed by atoms with Crippen molar-refractivity contribution >= 4 is 27.3 Å². The second-order valence-electron chi connectivity index (χ2n) is 4.53. The van der Waals surface area contributed by atoms with Crippen LogP contribution in [0.5, 0.6) is 0 Å².